The zero-order chi connectivity index (χ0) is 16.5. The first-order chi connectivity index (χ1) is 10.5. The summed E-state index contributed by atoms with van der Waals surface area (Å²) in [5.41, 5.74) is 0.998. The average Bonchev–Trinajstić information content (AvgIpc) is 2.49. The number of nitrogens with zero attached hydrogens (tertiary/aromatic N) is 1. The molecule has 0 atom stereocenters. The highest BCUT2D eigenvalue weighted by Gasteiger charge is 2.14. The molecule has 0 heterocycles. The second-order valence-corrected chi connectivity index (χ2v) is 4.93. The third-order valence-electron chi connectivity index (χ3n) is 2.88. The van der Waals surface area contributed by atoms with Crippen LogP contribution in [0.4, 0.5) is 10.1 Å². The van der Waals surface area contributed by atoms with Gasteiger partial charge in [0.2, 0.25) is 0 Å². The van der Waals surface area contributed by atoms with Crippen LogP contribution in [0, 0.1) is 12.7 Å². The van der Waals surface area contributed by atoms with Gasteiger partial charge in [0.1, 0.15) is 5.82 Å². The van der Waals surface area contributed by atoms with E-state index in [0.29, 0.717) is 30.1 Å². The second-order valence-electron chi connectivity index (χ2n) is 4.55. The molecule has 0 radical (unpaired) electrons. The van der Waals surface area contributed by atoms with Crippen LogP contribution >= 0.6 is 11.6 Å². The van der Waals surface area contributed by atoms with Crippen LogP contribution in [0.25, 0.3) is 0 Å². The van der Waals surface area contributed by atoms with E-state index in [1.807, 2.05) is 0 Å². The molecule has 4 nitrogen and oxygen atoms in total. The summed E-state index contributed by atoms with van der Waals surface area (Å²) in [7, 11) is 0. The summed E-state index contributed by atoms with van der Waals surface area (Å²) in [5.74, 6) is -0.908. The molecule has 0 aromatic heterocycles. The maximum atomic E-state index is 13.4. The van der Waals surface area contributed by atoms with Crippen molar-refractivity contribution < 1.29 is 18.7 Å². The summed E-state index contributed by atoms with van der Waals surface area (Å²) in [4.78, 5) is 25.0. The summed E-state index contributed by atoms with van der Waals surface area (Å²) in [6.07, 6.45) is 2.80. The van der Waals surface area contributed by atoms with Gasteiger partial charge in [-0.15, -0.1) is 11.6 Å². The minimum absolute atomic E-state index is 0.241. The number of alkyl halides is 1. The van der Waals surface area contributed by atoms with Gasteiger partial charge in [-0.25, -0.2) is 9.18 Å². The van der Waals surface area contributed by atoms with Crippen LogP contribution in [0.5, 0.6) is 0 Å². The molecule has 1 aromatic rings. The lowest BCUT2D eigenvalue weighted by Crippen LogP contribution is -2.31. The molecule has 1 aromatic carbocycles. The van der Waals surface area contributed by atoms with Crippen molar-refractivity contribution in [3.8, 4) is 0 Å². The average molecular weight is 328 g/mol. The smallest absolute Gasteiger partial charge is 0.330 e. The minimum Gasteiger partial charge on any atom is -0.463 e. The maximum absolute atomic E-state index is 13.4. The van der Waals surface area contributed by atoms with E-state index in [1.54, 1.807) is 19.9 Å². The van der Waals surface area contributed by atoms with Gasteiger partial charge in [-0.05, 0) is 44.0 Å². The number of carbonyl (C=O) groups excluding carboxylic acids is 2. The predicted molar refractivity (Wildman–Crippen MR) is 84.6 cm³/mol. The van der Waals surface area contributed by atoms with Crippen LogP contribution < -0.4 is 4.90 Å². The monoisotopic (exact) mass is 327 g/mol. The molecule has 0 aliphatic heterocycles. The van der Waals surface area contributed by atoms with Crippen molar-refractivity contribution in [3.05, 3.63) is 41.7 Å². The van der Waals surface area contributed by atoms with E-state index in [0.717, 1.165) is 12.2 Å². The summed E-state index contributed by atoms with van der Waals surface area (Å²) in [6, 6.07) is 4.41. The molecule has 0 unspecified atom stereocenters. The molecule has 0 aliphatic rings. The maximum Gasteiger partial charge on any atom is 0.330 e. The molecule has 1 amide bonds. The lowest BCUT2D eigenvalue weighted by atomic mass is 10.2. The Morgan fingerprint density at radius 1 is 1.36 bits per heavy atom. The molecular formula is C16H19ClFNO3. The number of hydrogen-bond donors (Lipinski definition) is 0. The molecule has 22 heavy (non-hydrogen) atoms. The highest BCUT2D eigenvalue weighted by Crippen LogP contribution is 2.19. The van der Waals surface area contributed by atoms with Gasteiger partial charge >= 0.3 is 5.97 Å². The largest absolute Gasteiger partial charge is 0.463 e. The first-order valence-corrected chi connectivity index (χ1v) is 7.51. The highest BCUT2D eigenvalue weighted by molar-refractivity contribution is 6.17. The van der Waals surface area contributed by atoms with Crippen LogP contribution in [-0.4, -0.2) is 30.9 Å². The number of esters is 1. The lowest BCUT2D eigenvalue weighted by Gasteiger charge is -2.21. The molecule has 0 saturated heterocycles. The van der Waals surface area contributed by atoms with E-state index in [-0.39, 0.29) is 18.3 Å². The van der Waals surface area contributed by atoms with Crippen LogP contribution in [0.2, 0.25) is 0 Å². The Hall–Kier alpha value is -1.88. The molecule has 0 fully saturated rings. The van der Waals surface area contributed by atoms with Crippen LogP contribution in [-0.2, 0) is 14.3 Å². The Morgan fingerprint density at radius 2 is 2.09 bits per heavy atom. The van der Waals surface area contributed by atoms with Gasteiger partial charge in [-0.2, -0.15) is 0 Å². The number of hydrogen-bond acceptors (Lipinski definition) is 3. The third-order valence-corrected chi connectivity index (χ3v) is 3.15. The molecule has 0 aliphatic carbocycles. The molecule has 0 saturated carbocycles. The number of ether oxygens (including phenoxy) is 1. The fourth-order valence-electron chi connectivity index (χ4n) is 1.80. The fraction of sp³-hybridized carbons (Fsp3) is 0.375. The Labute approximate surface area is 134 Å². The Kier molecular flexibility index (Phi) is 7.60. The molecule has 120 valence electrons. The van der Waals surface area contributed by atoms with E-state index in [9.17, 15) is 14.0 Å². The van der Waals surface area contributed by atoms with Crippen molar-refractivity contribution in [2.24, 2.45) is 0 Å². The van der Waals surface area contributed by atoms with Gasteiger partial charge < -0.3 is 9.64 Å². The minimum atomic E-state index is -0.580. The number of halogens is 2. The van der Waals surface area contributed by atoms with Gasteiger partial charge in [-0.3, -0.25) is 4.79 Å². The van der Waals surface area contributed by atoms with Crippen molar-refractivity contribution in [1.82, 2.24) is 0 Å². The van der Waals surface area contributed by atoms with Gasteiger partial charge in [0.25, 0.3) is 5.91 Å². The quantitative estimate of drug-likeness (QED) is 0.439. The second kappa shape index (κ2) is 9.20. The van der Waals surface area contributed by atoms with Gasteiger partial charge in [0.05, 0.1) is 6.61 Å². The van der Waals surface area contributed by atoms with E-state index >= 15 is 0 Å². The zero-order valence-corrected chi connectivity index (χ0v) is 13.4. The first kappa shape index (κ1) is 18.2. The molecule has 6 heteroatoms. The third kappa shape index (κ3) is 5.48. The van der Waals surface area contributed by atoms with E-state index < -0.39 is 5.97 Å². The van der Waals surface area contributed by atoms with Crippen LogP contribution in [0.1, 0.15) is 18.9 Å². The first-order valence-electron chi connectivity index (χ1n) is 6.98. The highest BCUT2D eigenvalue weighted by atomic mass is 35.5. The number of benzene rings is 1. The summed E-state index contributed by atoms with van der Waals surface area (Å²) < 4.78 is 18.1. The van der Waals surface area contributed by atoms with Crippen molar-refractivity contribution in [3.63, 3.8) is 0 Å². The molecular weight excluding hydrogens is 309 g/mol. The lowest BCUT2D eigenvalue weighted by molar-refractivity contribution is -0.137. The Bertz CT molecular complexity index is 560. The topological polar surface area (TPSA) is 46.6 Å². The van der Waals surface area contributed by atoms with Gasteiger partial charge in [-0.1, -0.05) is 0 Å². The van der Waals surface area contributed by atoms with E-state index in [4.69, 9.17) is 16.3 Å². The van der Waals surface area contributed by atoms with Crippen LogP contribution in [0.15, 0.2) is 30.4 Å². The normalized spacial score (nSPS) is 10.7. The summed E-state index contributed by atoms with van der Waals surface area (Å²) in [5, 5.41) is 0. The molecule has 1 rings (SSSR count). The van der Waals surface area contributed by atoms with Crippen molar-refractivity contribution in [2.75, 3.05) is 23.9 Å². The number of rotatable bonds is 7. The van der Waals surface area contributed by atoms with Gasteiger partial charge in [0, 0.05) is 30.3 Å². The zero-order valence-electron chi connectivity index (χ0n) is 12.6. The number of carbonyl (C=O) groups is 2. The fourth-order valence-corrected chi connectivity index (χ4v) is 1.92. The molecule has 0 N–H and O–H groups in total. The SMILES string of the molecule is CCOC(=O)/C=C/C(=O)N(CCCCl)c1ccc(F)c(C)c1. The number of aryl methyl sites for hydroxylation is 1. The van der Waals surface area contributed by atoms with E-state index in [1.165, 1.54) is 17.0 Å². The van der Waals surface area contributed by atoms with Crippen molar-refractivity contribution in [1.29, 1.82) is 0 Å². The van der Waals surface area contributed by atoms with Gasteiger partial charge in [0.15, 0.2) is 0 Å². The van der Waals surface area contributed by atoms with Crippen LogP contribution in [0.3, 0.4) is 0 Å². The molecule has 0 bridgehead atoms. The number of anilines is 1. The Morgan fingerprint density at radius 3 is 2.68 bits per heavy atom. The summed E-state index contributed by atoms with van der Waals surface area (Å²) >= 11 is 5.67. The summed E-state index contributed by atoms with van der Waals surface area (Å²) in [6.45, 7) is 3.92. The van der Waals surface area contributed by atoms with Crippen molar-refractivity contribution >= 4 is 29.2 Å². The van der Waals surface area contributed by atoms with E-state index in [2.05, 4.69) is 0 Å². The number of amides is 1. The van der Waals surface area contributed by atoms with Crippen molar-refractivity contribution in [2.45, 2.75) is 20.3 Å². The standard InChI is InChI=1S/C16H19ClFNO3/c1-3-22-16(21)8-7-15(20)19(10-4-9-17)13-5-6-14(18)12(2)11-13/h5-8,11H,3-4,9-10H2,1-2H3/b8-7+. The molecule has 0 spiro atoms. The predicted octanol–water partition coefficient (Wildman–Crippen LogP) is 3.22. The Balaban J connectivity index is 2.93.